The molecule has 0 amide bonds. The fraction of sp³-hybridized carbons (Fsp3) is 0.286. The van der Waals surface area contributed by atoms with Crippen LogP contribution in [-0.2, 0) is 0 Å². The zero-order chi connectivity index (χ0) is 9.03. The van der Waals surface area contributed by atoms with E-state index in [2.05, 4.69) is 9.72 Å². The maximum atomic E-state index is 12.5. The maximum absolute atomic E-state index is 12.5. The zero-order valence-corrected chi connectivity index (χ0v) is 6.21. The number of nitrogens with two attached hydrogens (primary N) is 1. The second kappa shape index (κ2) is 3.44. The third-order valence-corrected chi connectivity index (χ3v) is 1.14. The highest BCUT2D eigenvalue weighted by Crippen LogP contribution is 2.18. The van der Waals surface area contributed by atoms with Gasteiger partial charge in [-0.15, -0.1) is 0 Å². The van der Waals surface area contributed by atoms with Gasteiger partial charge in [0, 0.05) is 6.20 Å². The molecule has 1 aromatic heterocycles. The fourth-order valence-corrected chi connectivity index (χ4v) is 0.622. The lowest BCUT2D eigenvalue weighted by Gasteiger charge is -2.14. The van der Waals surface area contributed by atoms with Gasteiger partial charge in [-0.1, -0.05) is 0 Å². The molecule has 0 aliphatic carbocycles. The van der Waals surface area contributed by atoms with Gasteiger partial charge in [0.05, 0.1) is 12.7 Å². The van der Waals surface area contributed by atoms with Gasteiger partial charge < -0.3 is 10.5 Å². The molecule has 0 bridgehead atoms. The van der Waals surface area contributed by atoms with Gasteiger partial charge in [-0.05, 0) is 12.1 Å². The zero-order valence-electron chi connectivity index (χ0n) is 6.21. The average molecular weight is 174 g/mol. The minimum absolute atomic E-state index is 0.00736. The number of ether oxygens (including phenoxy) is 1. The van der Waals surface area contributed by atoms with Gasteiger partial charge in [0.1, 0.15) is 5.75 Å². The molecule has 0 unspecified atom stereocenters. The highest BCUT2D eigenvalue weighted by molar-refractivity contribution is 5.15. The van der Waals surface area contributed by atoms with Gasteiger partial charge in [0.25, 0.3) is 0 Å². The SMILES string of the molecule is NCC(F)(F)Oc1cccnc1. The number of alkyl halides is 2. The first kappa shape index (κ1) is 8.86. The maximum Gasteiger partial charge on any atom is 0.410 e. The van der Waals surface area contributed by atoms with E-state index in [9.17, 15) is 8.78 Å². The number of hydrogen-bond donors (Lipinski definition) is 1. The summed E-state index contributed by atoms with van der Waals surface area (Å²) in [4.78, 5) is 3.60. The summed E-state index contributed by atoms with van der Waals surface area (Å²) in [6, 6.07) is 2.89. The van der Waals surface area contributed by atoms with Crippen LogP contribution in [0.15, 0.2) is 24.5 Å². The van der Waals surface area contributed by atoms with Crippen LogP contribution in [0.2, 0.25) is 0 Å². The Hall–Kier alpha value is -1.23. The highest BCUT2D eigenvalue weighted by Gasteiger charge is 2.29. The van der Waals surface area contributed by atoms with Crippen molar-refractivity contribution >= 4 is 0 Å². The number of hydrogen-bond acceptors (Lipinski definition) is 3. The molecule has 1 aromatic rings. The van der Waals surface area contributed by atoms with Gasteiger partial charge in [-0.2, -0.15) is 8.78 Å². The van der Waals surface area contributed by atoms with Crippen molar-refractivity contribution in [2.45, 2.75) is 6.11 Å². The van der Waals surface area contributed by atoms with E-state index in [-0.39, 0.29) is 5.75 Å². The van der Waals surface area contributed by atoms with E-state index in [4.69, 9.17) is 5.73 Å². The van der Waals surface area contributed by atoms with E-state index in [0.717, 1.165) is 0 Å². The first-order chi connectivity index (χ1) is 5.64. The minimum atomic E-state index is -3.32. The van der Waals surface area contributed by atoms with Crippen molar-refractivity contribution in [1.82, 2.24) is 4.98 Å². The van der Waals surface area contributed by atoms with Crippen LogP contribution in [0.3, 0.4) is 0 Å². The molecule has 0 aliphatic rings. The number of aromatic nitrogens is 1. The molecule has 0 aromatic carbocycles. The quantitative estimate of drug-likeness (QED) is 0.743. The molecule has 0 atom stereocenters. The predicted octanol–water partition coefficient (Wildman–Crippen LogP) is 1.01. The summed E-state index contributed by atoms with van der Waals surface area (Å²) in [5.41, 5.74) is 4.76. The van der Waals surface area contributed by atoms with Gasteiger partial charge in [0.15, 0.2) is 0 Å². The van der Waals surface area contributed by atoms with E-state index in [1.54, 1.807) is 0 Å². The van der Waals surface area contributed by atoms with Crippen molar-refractivity contribution < 1.29 is 13.5 Å². The molecule has 2 N–H and O–H groups in total. The van der Waals surface area contributed by atoms with Crippen molar-refractivity contribution in [3.05, 3.63) is 24.5 Å². The normalized spacial score (nSPS) is 11.2. The van der Waals surface area contributed by atoms with Crippen molar-refractivity contribution in [3.8, 4) is 5.75 Å². The van der Waals surface area contributed by atoms with Crippen LogP contribution >= 0.6 is 0 Å². The third kappa shape index (κ3) is 2.43. The standard InChI is InChI=1S/C7H8F2N2O/c8-7(9,5-10)12-6-2-1-3-11-4-6/h1-4H,5,10H2. The molecule has 0 spiro atoms. The molecule has 0 aliphatic heterocycles. The van der Waals surface area contributed by atoms with Crippen molar-refractivity contribution in [2.75, 3.05) is 6.54 Å². The van der Waals surface area contributed by atoms with Gasteiger partial charge in [0.2, 0.25) is 0 Å². The summed E-state index contributed by atoms with van der Waals surface area (Å²) in [6.45, 7) is -0.845. The predicted molar refractivity (Wildman–Crippen MR) is 38.9 cm³/mol. The fourth-order valence-electron chi connectivity index (χ4n) is 0.622. The Balaban J connectivity index is 2.64. The minimum Gasteiger partial charge on any atom is -0.430 e. The molecule has 0 saturated carbocycles. The number of nitrogens with zero attached hydrogens (tertiary/aromatic N) is 1. The Morgan fingerprint density at radius 3 is 2.83 bits per heavy atom. The third-order valence-electron chi connectivity index (χ3n) is 1.14. The van der Waals surface area contributed by atoms with E-state index >= 15 is 0 Å². The Labute approximate surface area is 68.2 Å². The molecule has 0 radical (unpaired) electrons. The monoisotopic (exact) mass is 174 g/mol. The largest absolute Gasteiger partial charge is 0.430 e. The second-order valence-electron chi connectivity index (χ2n) is 2.13. The van der Waals surface area contributed by atoms with E-state index in [1.165, 1.54) is 24.5 Å². The molecule has 5 heteroatoms. The van der Waals surface area contributed by atoms with Crippen molar-refractivity contribution in [2.24, 2.45) is 5.73 Å². The Morgan fingerprint density at radius 2 is 2.33 bits per heavy atom. The van der Waals surface area contributed by atoms with Crippen LogP contribution in [0.5, 0.6) is 5.75 Å². The molecule has 3 nitrogen and oxygen atoms in total. The molecular weight excluding hydrogens is 166 g/mol. The molecule has 1 rings (SSSR count). The molecule has 0 fully saturated rings. The molecular formula is C7H8F2N2O. The number of halogens is 2. The molecule has 12 heavy (non-hydrogen) atoms. The van der Waals surface area contributed by atoms with Crippen LogP contribution in [0.4, 0.5) is 8.78 Å². The Kier molecular flexibility index (Phi) is 2.54. The number of rotatable bonds is 3. The van der Waals surface area contributed by atoms with E-state index < -0.39 is 12.7 Å². The lowest BCUT2D eigenvalue weighted by molar-refractivity contribution is -0.166. The van der Waals surface area contributed by atoms with E-state index in [0.29, 0.717) is 0 Å². The smallest absolute Gasteiger partial charge is 0.410 e. The summed E-state index contributed by atoms with van der Waals surface area (Å²) in [6.07, 6.45) is -0.653. The first-order valence-corrected chi connectivity index (χ1v) is 3.31. The topological polar surface area (TPSA) is 48.1 Å². The van der Waals surface area contributed by atoms with Crippen molar-refractivity contribution in [1.29, 1.82) is 0 Å². The van der Waals surface area contributed by atoms with Crippen LogP contribution in [0.25, 0.3) is 0 Å². The summed E-state index contributed by atoms with van der Waals surface area (Å²) in [5, 5.41) is 0. The lowest BCUT2D eigenvalue weighted by atomic mass is 10.4. The molecule has 66 valence electrons. The molecule has 0 saturated heterocycles. The summed E-state index contributed by atoms with van der Waals surface area (Å²) in [5.74, 6) is 0.00736. The van der Waals surface area contributed by atoms with Gasteiger partial charge in [-0.3, -0.25) is 4.98 Å². The summed E-state index contributed by atoms with van der Waals surface area (Å²) in [7, 11) is 0. The number of pyridine rings is 1. The summed E-state index contributed by atoms with van der Waals surface area (Å²) < 4.78 is 29.2. The Bertz CT molecular complexity index is 240. The van der Waals surface area contributed by atoms with Crippen LogP contribution in [0, 0.1) is 0 Å². The average Bonchev–Trinajstić information content (AvgIpc) is 2.06. The molecule has 1 heterocycles. The van der Waals surface area contributed by atoms with Crippen LogP contribution in [-0.4, -0.2) is 17.6 Å². The van der Waals surface area contributed by atoms with Crippen LogP contribution < -0.4 is 10.5 Å². The Morgan fingerprint density at radius 1 is 1.58 bits per heavy atom. The second-order valence-corrected chi connectivity index (χ2v) is 2.13. The highest BCUT2D eigenvalue weighted by atomic mass is 19.3. The van der Waals surface area contributed by atoms with Gasteiger partial charge in [-0.25, -0.2) is 0 Å². The lowest BCUT2D eigenvalue weighted by Crippen LogP contribution is -2.34. The first-order valence-electron chi connectivity index (χ1n) is 3.31. The van der Waals surface area contributed by atoms with Gasteiger partial charge >= 0.3 is 6.11 Å². The van der Waals surface area contributed by atoms with Crippen molar-refractivity contribution in [3.63, 3.8) is 0 Å². The summed E-state index contributed by atoms with van der Waals surface area (Å²) >= 11 is 0. The van der Waals surface area contributed by atoms with E-state index in [1.807, 2.05) is 0 Å². The van der Waals surface area contributed by atoms with Crippen LogP contribution in [0.1, 0.15) is 0 Å².